The number of carbonyl (C=O) groups excluding carboxylic acids is 1. The van der Waals surface area contributed by atoms with Gasteiger partial charge in [-0.25, -0.2) is 9.18 Å². The van der Waals surface area contributed by atoms with Gasteiger partial charge in [0.1, 0.15) is 5.82 Å². The molecule has 0 fully saturated rings. The van der Waals surface area contributed by atoms with E-state index in [9.17, 15) is 19.1 Å². The second kappa shape index (κ2) is 6.72. The van der Waals surface area contributed by atoms with Crippen LogP contribution in [0.25, 0.3) is 4.48 Å². The van der Waals surface area contributed by atoms with Crippen molar-refractivity contribution in [3.8, 4) is 0 Å². The maximum absolute atomic E-state index is 13.9. The summed E-state index contributed by atoms with van der Waals surface area (Å²) in [4.78, 5) is 26.5. The Morgan fingerprint density at radius 3 is 2.72 bits per heavy atom. The second-order valence-electron chi connectivity index (χ2n) is 5.93. The molecule has 0 radical (unpaired) electrons. The number of rotatable bonds is 3. The molecule has 0 atom stereocenters. The van der Waals surface area contributed by atoms with Crippen molar-refractivity contribution in [1.29, 1.82) is 0 Å². The van der Waals surface area contributed by atoms with Crippen molar-refractivity contribution in [1.82, 2.24) is 0 Å². The zero-order valence-electron chi connectivity index (χ0n) is 13.6. The van der Waals surface area contributed by atoms with Gasteiger partial charge in [-0.05, 0) is 57.9 Å². The van der Waals surface area contributed by atoms with E-state index in [1.54, 1.807) is 24.0 Å². The average Bonchev–Trinajstić information content (AvgIpc) is 2.89. The molecular formula is C18H15BrFNO3S. The number of amides is 1. The van der Waals surface area contributed by atoms with Crippen molar-refractivity contribution in [2.45, 2.75) is 26.8 Å². The van der Waals surface area contributed by atoms with Gasteiger partial charge in [0.05, 0.1) is 29.1 Å². The Hall–Kier alpha value is -1.99. The van der Waals surface area contributed by atoms with Crippen LogP contribution in [0, 0.1) is 19.7 Å². The first kappa shape index (κ1) is 17.8. The number of hydrogen-bond acceptors (Lipinski definition) is 3. The van der Waals surface area contributed by atoms with Crippen LogP contribution in [-0.2, 0) is 16.1 Å². The Morgan fingerprint density at radius 1 is 1.36 bits per heavy atom. The molecule has 0 saturated heterocycles. The summed E-state index contributed by atoms with van der Waals surface area (Å²) >= 11 is 4.73. The Balaban J connectivity index is 2.08. The molecule has 1 amide bonds. The third kappa shape index (κ3) is 3.26. The molecule has 2 heterocycles. The summed E-state index contributed by atoms with van der Waals surface area (Å²) in [5.41, 5.74) is 2.79. The lowest BCUT2D eigenvalue weighted by atomic mass is 10.1. The molecule has 1 aliphatic heterocycles. The van der Waals surface area contributed by atoms with Crippen LogP contribution >= 0.6 is 27.3 Å². The minimum Gasteiger partial charge on any atom is -0.478 e. The molecule has 2 aromatic rings. The predicted octanol–water partition coefficient (Wildman–Crippen LogP) is 4.63. The third-order valence-corrected chi connectivity index (χ3v) is 6.38. The summed E-state index contributed by atoms with van der Waals surface area (Å²) in [6, 6.07) is 4.86. The number of aryl methyl sites for hydroxylation is 2. The third-order valence-electron chi connectivity index (χ3n) is 4.14. The van der Waals surface area contributed by atoms with Crippen molar-refractivity contribution >= 4 is 49.3 Å². The van der Waals surface area contributed by atoms with Crippen LogP contribution < -0.4 is 4.90 Å². The molecule has 1 aromatic heterocycles. The van der Waals surface area contributed by atoms with Gasteiger partial charge in [0, 0.05) is 4.48 Å². The molecule has 1 aliphatic rings. The molecule has 3 rings (SSSR count). The standard InChI is InChI=1S/C18H15BrFNO3S/c1-9-3-4-11(5-13(9)20)7-21-14(22)6-12(18(23)24)15(19)17-16(21)10(2)8-25-17/h3-5,8H,6-7H2,1-2H3,(H,23,24). The van der Waals surface area contributed by atoms with Crippen molar-refractivity contribution < 1.29 is 19.1 Å². The number of fused-ring (bicyclic) bond motifs is 1. The zero-order valence-corrected chi connectivity index (χ0v) is 16.0. The lowest BCUT2D eigenvalue weighted by Crippen LogP contribution is -2.30. The molecule has 0 unspecified atom stereocenters. The second-order valence-corrected chi connectivity index (χ2v) is 7.61. The molecule has 7 heteroatoms. The number of carboxylic acid groups (broad SMARTS) is 1. The van der Waals surface area contributed by atoms with Crippen molar-refractivity contribution in [2.24, 2.45) is 0 Å². The van der Waals surface area contributed by atoms with Gasteiger partial charge in [-0.2, -0.15) is 0 Å². The minimum absolute atomic E-state index is 0.0330. The topological polar surface area (TPSA) is 57.6 Å². The molecule has 0 bridgehead atoms. The first-order valence-electron chi connectivity index (χ1n) is 7.55. The Labute approximate surface area is 156 Å². The summed E-state index contributed by atoms with van der Waals surface area (Å²) in [5, 5.41) is 11.3. The number of nitrogens with zero attached hydrogens (tertiary/aromatic N) is 1. The summed E-state index contributed by atoms with van der Waals surface area (Å²) in [7, 11) is 0. The maximum Gasteiger partial charge on any atom is 0.333 e. The van der Waals surface area contributed by atoms with Crippen LogP contribution in [0.5, 0.6) is 0 Å². The largest absolute Gasteiger partial charge is 0.478 e. The van der Waals surface area contributed by atoms with Gasteiger partial charge in [-0.1, -0.05) is 12.1 Å². The maximum atomic E-state index is 13.9. The summed E-state index contributed by atoms with van der Waals surface area (Å²) in [5.74, 6) is -1.77. The van der Waals surface area contributed by atoms with Crippen LogP contribution in [0.2, 0.25) is 0 Å². The van der Waals surface area contributed by atoms with Crippen LogP contribution in [0.1, 0.15) is 28.0 Å². The fourth-order valence-corrected chi connectivity index (χ4v) is 4.56. The van der Waals surface area contributed by atoms with E-state index >= 15 is 0 Å². The highest BCUT2D eigenvalue weighted by Gasteiger charge is 2.32. The van der Waals surface area contributed by atoms with Crippen LogP contribution in [0.15, 0.2) is 29.2 Å². The zero-order chi connectivity index (χ0) is 18.3. The number of thiophene rings is 1. The normalized spacial score (nSPS) is 14.6. The molecule has 4 nitrogen and oxygen atoms in total. The number of hydrogen-bond donors (Lipinski definition) is 1. The number of benzene rings is 1. The molecule has 1 N–H and O–H groups in total. The highest BCUT2D eigenvalue weighted by molar-refractivity contribution is 9.15. The summed E-state index contributed by atoms with van der Waals surface area (Å²) in [6.45, 7) is 3.74. The fraction of sp³-hybridized carbons (Fsp3) is 0.222. The number of anilines is 1. The fourth-order valence-electron chi connectivity index (χ4n) is 2.77. The number of carboxylic acids is 1. The van der Waals surface area contributed by atoms with Gasteiger partial charge in [0.2, 0.25) is 5.91 Å². The predicted molar refractivity (Wildman–Crippen MR) is 99.5 cm³/mol. The molecule has 25 heavy (non-hydrogen) atoms. The van der Waals surface area contributed by atoms with Gasteiger partial charge in [-0.3, -0.25) is 4.79 Å². The molecular weight excluding hydrogens is 409 g/mol. The molecule has 130 valence electrons. The smallest absolute Gasteiger partial charge is 0.333 e. The van der Waals surface area contributed by atoms with Crippen molar-refractivity contribution in [3.05, 3.63) is 56.5 Å². The Morgan fingerprint density at radius 2 is 2.08 bits per heavy atom. The quantitative estimate of drug-likeness (QED) is 0.782. The number of carbonyl (C=O) groups is 2. The van der Waals surface area contributed by atoms with E-state index in [1.165, 1.54) is 17.4 Å². The van der Waals surface area contributed by atoms with E-state index < -0.39 is 5.97 Å². The van der Waals surface area contributed by atoms with Crippen molar-refractivity contribution in [3.63, 3.8) is 0 Å². The van der Waals surface area contributed by atoms with Crippen LogP contribution in [0.3, 0.4) is 0 Å². The Bertz CT molecular complexity index is 919. The Kier molecular flexibility index (Phi) is 4.79. The summed E-state index contributed by atoms with van der Waals surface area (Å²) in [6.07, 6.45) is -0.217. The monoisotopic (exact) mass is 423 g/mol. The van der Waals surface area contributed by atoms with E-state index in [2.05, 4.69) is 15.9 Å². The van der Waals surface area contributed by atoms with E-state index in [0.717, 1.165) is 5.56 Å². The molecule has 1 aromatic carbocycles. The molecule has 0 saturated carbocycles. The van der Waals surface area contributed by atoms with E-state index in [0.29, 0.717) is 26.2 Å². The average molecular weight is 424 g/mol. The highest BCUT2D eigenvalue weighted by atomic mass is 79.9. The number of aliphatic carboxylic acids is 1. The van der Waals surface area contributed by atoms with Gasteiger partial charge < -0.3 is 10.0 Å². The van der Waals surface area contributed by atoms with Crippen LogP contribution in [-0.4, -0.2) is 17.0 Å². The van der Waals surface area contributed by atoms with Crippen LogP contribution in [0.4, 0.5) is 10.1 Å². The van der Waals surface area contributed by atoms with Gasteiger partial charge >= 0.3 is 5.97 Å². The van der Waals surface area contributed by atoms with Gasteiger partial charge in [0.25, 0.3) is 0 Å². The molecule has 0 aliphatic carbocycles. The molecule has 0 spiro atoms. The van der Waals surface area contributed by atoms with Crippen molar-refractivity contribution in [2.75, 3.05) is 4.90 Å². The first-order chi connectivity index (χ1) is 11.8. The number of halogens is 2. The van der Waals surface area contributed by atoms with Gasteiger partial charge in [-0.15, -0.1) is 11.3 Å². The lowest BCUT2D eigenvalue weighted by molar-refractivity contribution is -0.133. The van der Waals surface area contributed by atoms with Gasteiger partial charge in [0.15, 0.2) is 0 Å². The SMILES string of the molecule is Cc1ccc(CN2C(=O)CC(C(=O)O)=C(Br)c3scc(C)c32)cc1F. The minimum atomic E-state index is -1.12. The van der Waals surface area contributed by atoms with E-state index in [1.807, 2.05) is 12.3 Å². The van der Waals surface area contributed by atoms with E-state index in [-0.39, 0.29) is 30.3 Å². The summed E-state index contributed by atoms with van der Waals surface area (Å²) < 4.78 is 14.3. The lowest BCUT2D eigenvalue weighted by Gasteiger charge is -2.23. The highest BCUT2D eigenvalue weighted by Crippen LogP contribution is 2.44. The first-order valence-corrected chi connectivity index (χ1v) is 9.22. The van der Waals surface area contributed by atoms with E-state index in [4.69, 9.17) is 0 Å².